The predicted octanol–water partition coefficient (Wildman–Crippen LogP) is 3.50. The number of ether oxygens (including phenoxy) is 1. The Balaban J connectivity index is 1.62. The normalized spacial score (nSPS) is 14.5. The summed E-state index contributed by atoms with van der Waals surface area (Å²) < 4.78 is 67.5. The van der Waals surface area contributed by atoms with Crippen LogP contribution in [0.25, 0.3) is 0 Å². The van der Waals surface area contributed by atoms with Crippen molar-refractivity contribution in [2.75, 3.05) is 11.4 Å². The van der Waals surface area contributed by atoms with Gasteiger partial charge in [0.2, 0.25) is 15.9 Å². The first-order valence-electron chi connectivity index (χ1n) is 9.30. The van der Waals surface area contributed by atoms with Gasteiger partial charge in [0, 0.05) is 25.2 Å². The van der Waals surface area contributed by atoms with E-state index in [2.05, 4.69) is 9.46 Å². The van der Waals surface area contributed by atoms with Crippen LogP contribution in [0.1, 0.15) is 30.0 Å². The number of benzene rings is 2. The van der Waals surface area contributed by atoms with Gasteiger partial charge in [-0.15, -0.1) is 13.2 Å². The number of nitrogens with one attached hydrogen (secondary N) is 1. The second-order valence-electron chi connectivity index (χ2n) is 6.87. The lowest BCUT2D eigenvalue weighted by atomic mass is 9.99. The van der Waals surface area contributed by atoms with Crippen molar-refractivity contribution in [3.63, 3.8) is 0 Å². The number of alkyl halides is 3. The fraction of sp³-hybridized carbons (Fsp3) is 0.350. The number of halogens is 3. The largest absolute Gasteiger partial charge is 0.573 e. The highest BCUT2D eigenvalue weighted by atomic mass is 32.2. The minimum atomic E-state index is -4.80. The standard InChI is InChI=1S/C20H21F3N2O4S/c1-2-25-18-9-5-15(11-16(18)6-10-19(25)26)12-24-30(27,28)13-14-3-7-17(8-4-14)29-20(21,22)23/h3-5,7-9,11,24H,2,6,10,12-13H2,1H3. The van der Waals surface area contributed by atoms with E-state index in [0.29, 0.717) is 24.9 Å². The van der Waals surface area contributed by atoms with E-state index >= 15 is 0 Å². The Morgan fingerprint density at radius 2 is 1.73 bits per heavy atom. The van der Waals surface area contributed by atoms with Gasteiger partial charge in [0.15, 0.2) is 0 Å². The van der Waals surface area contributed by atoms with Gasteiger partial charge in [-0.3, -0.25) is 4.79 Å². The smallest absolute Gasteiger partial charge is 0.406 e. The molecule has 30 heavy (non-hydrogen) atoms. The first-order chi connectivity index (χ1) is 14.1. The van der Waals surface area contributed by atoms with E-state index in [1.165, 1.54) is 12.1 Å². The summed E-state index contributed by atoms with van der Waals surface area (Å²) in [6.07, 6.45) is -3.77. The van der Waals surface area contributed by atoms with Crippen LogP contribution in [-0.2, 0) is 33.5 Å². The van der Waals surface area contributed by atoms with Gasteiger partial charge in [0.05, 0.1) is 5.75 Å². The maximum Gasteiger partial charge on any atom is 0.573 e. The molecule has 2 aromatic carbocycles. The number of carbonyl (C=O) groups excluding carboxylic acids is 1. The number of hydrogen-bond donors (Lipinski definition) is 1. The Morgan fingerprint density at radius 3 is 2.37 bits per heavy atom. The number of anilines is 1. The molecule has 3 rings (SSSR count). The zero-order chi connectivity index (χ0) is 21.9. The molecule has 1 heterocycles. The molecular weight excluding hydrogens is 421 g/mol. The number of hydrogen-bond acceptors (Lipinski definition) is 4. The van der Waals surface area contributed by atoms with Crippen molar-refractivity contribution < 1.29 is 31.1 Å². The average Bonchev–Trinajstić information content (AvgIpc) is 2.66. The maximum absolute atomic E-state index is 12.3. The molecule has 0 aliphatic carbocycles. The summed E-state index contributed by atoms with van der Waals surface area (Å²) >= 11 is 0. The van der Waals surface area contributed by atoms with Crippen molar-refractivity contribution in [1.82, 2.24) is 4.72 Å². The number of nitrogens with zero attached hydrogens (tertiary/aromatic N) is 1. The van der Waals surface area contributed by atoms with Crippen molar-refractivity contribution >= 4 is 21.6 Å². The minimum Gasteiger partial charge on any atom is -0.406 e. The fourth-order valence-corrected chi connectivity index (χ4v) is 4.44. The second-order valence-corrected chi connectivity index (χ2v) is 8.68. The molecule has 0 unspecified atom stereocenters. The van der Waals surface area contributed by atoms with E-state index in [1.54, 1.807) is 11.0 Å². The number of rotatable bonds is 7. The minimum absolute atomic E-state index is 0.0742. The van der Waals surface area contributed by atoms with E-state index in [0.717, 1.165) is 28.9 Å². The van der Waals surface area contributed by atoms with Crippen LogP contribution in [0.5, 0.6) is 5.75 Å². The topological polar surface area (TPSA) is 75.7 Å². The molecular formula is C20H21F3N2O4S. The molecule has 0 saturated heterocycles. The Bertz CT molecular complexity index is 1020. The lowest BCUT2D eigenvalue weighted by Crippen LogP contribution is -2.34. The highest BCUT2D eigenvalue weighted by molar-refractivity contribution is 7.88. The molecule has 2 aromatic rings. The maximum atomic E-state index is 12.3. The van der Waals surface area contributed by atoms with Gasteiger partial charge < -0.3 is 9.64 Å². The summed E-state index contributed by atoms with van der Waals surface area (Å²) in [6, 6.07) is 10.2. The van der Waals surface area contributed by atoms with E-state index < -0.39 is 22.1 Å². The number of amides is 1. The van der Waals surface area contributed by atoms with Crippen LogP contribution in [0.2, 0.25) is 0 Å². The highest BCUT2D eigenvalue weighted by Crippen LogP contribution is 2.28. The molecule has 0 radical (unpaired) electrons. The third-order valence-electron chi connectivity index (χ3n) is 4.67. The van der Waals surface area contributed by atoms with Gasteiger partial charge in [-0.05, 0) is 48.2 Å². The van der Waals surface area contributed by atoms with Gasteiger partial charge in [0.25, 0.3) is 0 Å². The van der Waals surface area contributed by atoms with Gasteiger partial charge in [-0.25, -0.2) is 13.1 Å². The Labute approximate surface area is 172 Å². The average molecular weight is 442 g/mol. The SMILES string of the molecule is CCN1C(=O)CCc2cc(CNS(=O)(=O)Cc3ccc(OC(F)(F)F)cc3)ccc21. The van der Waals surface area contributed by atoms with E-state index in [1.807, 2.05) is 19.1 Å². The van der Waals surface area contributed by atoms with Crippen molar-refractivity contribution in [2.45, 2.75) is 38.4 Å². The molecule has 1 aliphatic heterocycles. The molecule has 0 aromatic heterocycles. The molecule has 162 valence electrons. The van der Waals surface area contributed by atoms with E-state index in [4.69, 9.17) is 0 Å². The van der Waals surface area contributed by atoms with Crippen molar-refractivity contribution in [2.24, 2.45) is 0 Å². The number of aryl methyl sites for hydroxylation is 1. The molecule has 0 spiro atoms. The Hall–Kier alpha value is -2.59. The number of carbonyl (C=O) groups is 1. The summed E-state index contributed by atoms with van der Waals surface area (Å²) in [5.74, 6) is -0.710. The molecule has 1 amide bonds. The lowest BCUT2D eigenvalue weighted by molar-refractivity contribution is -0.274. The predicted molar refractivity (Wildman–Crippen MR) is 105 cm³/mol. The van der Waals surface area contributed by atoms with Crippen LogP contribution in [0.3, 0.4) is 0 Å². The molecule has 1 aliphatic rings. The Morgan fingerprint density at radius 1 is 1.07 bits per heavy atom. The first kappa shape index (κ1) is 22.1. The molecule has 1 N–H and O–H groups in total. The molecule has 0 saturated carbocycles. The van der Waals surface area contributed by atoms with Gasteiger partial charge in [0.1, 0.15) is 5.75 Å². The van der Waals surface area contributed by atoms with Crippen LogP contribution in [0.4, 0.5) is 18.9 Å². The van der Waals surface area contributed by atoms with Crippen LogP contribution in [0.15, 0.2) is 42.5 Å². The summed E-state index contributed by atoms with van der Waals surface area (Å²) in [7, 11) is -3.70. The van der Waals surface area contributed by atoms with Crippen molar-refractivity contribution in [3.8, 4) is 5.75 Å². The summed E-state index contributed by atoms with van der Waals surface area (Å²) in [4.78, 5) is 13.7. The zero-order valence-corrected chi connectivity index (χ0v) is 17.0. The highest BCUT2D eigenvalue weighted by Gasteiger charge is 2.31. The van der Waals surface area contributed by atoms with Crippen LogP contribution in [-0.4, -0.2) is 27.2 Å². The summed E-state index contributed by atoms with van der Waals surface area (Å²) in [6.45, 7) is 2.55. The van der Waals surface area contributed by atoms with E-state index in [9.17, 15) is 26.4 Å². The molecule has 0 atom stereocenters. The molecule has 0 fully saturated rings. The lowest BCUT2D eigenvalue weighted by Gasteiger charge is -2.28. The molecule has 6 nitrogen and oxygen atoms in total. The van der Waals surface area contributed by atoms with Crippen molar-refractivity contribution in [3.05, 3.63) is 59.2 Å². The molecule has 0 bridgehead atoms. The number of fused-ring (bicyclic) bond motifs is 1. The van der Waals surface area contributed by atoms with Crippen molar-refractivity contribution in [1.29, 1.82) is 0 Å². The first-order valence-corrected chi connectivity index (χ1v) is 11.0. The van der Waals surface area contributed by atoms with Gasteiger partial charge in [-0.2, -0.15) is 0 Å². The summed E-state index contributed by atoms with van der Waals surface area (Å²) in [5, 5.41) is 0. The van der Waals surface area contributed by atoms with Gasteiger partial charge >= 0.3 is 6.36 Å². The second kappa shape index (κ2) is 8.65. The van der Waals surface area contributed by atoms with E-state index in [-0.39, 0.29) is 18.2 Å². The van der Waals surface area contributed by atoms with Crippen LogP contribution >= 0.6 is 0 Å². The fourth-order valence-electron chi connectivity index (χ4n) is 3.32. The molecule has 10 heteroatoms. The Kier molecular flexibility index (Phi) is 6.37. The number of sulfonamides is 1. The quantitative estimate of drug-likeness (QED) is 0.712. The third kappa shape index (κ3) is 5.73. The monoisotopic (exact) mass is 442 g/mol. The zero-order valence-electron chi connectivity index (χ0n) is 16.2. The van der Waals surface area contributed by atoms with Crippen LogP contribution in [0, 0.1) is 0 Å². The van der Waals surface area contributed by atoms with Crippen LogP contribution < -0.4 is 14.4 Å². The van der Waals surface area contributed by atoms with Gasteiger partial charge in [-0.1, -0.05) is 24.3 Å². The third-order valence-corrected chi connectivity index (χ3v) is 5.97. The summed E-state index contributed by atoms with van der Waals surface area (Å²) in [5.41, 5.74) is 2.94.